The molecule has 1 aliphatic rings. The predicted octanol–water partition coefficient (Wildman–Crippen LogP) is 7.39. The van der Waals surface area contributed by atoms with Gasteiger partial charge in [0.2, 0.25) is 0 Å². The van der Waals surface area contributed by atoms with Crippen molar-refractivity contribution < 1.29 is 19.4 Å². The molecular formula is C32H32N2O4S. The largest absolute Gasteiger partial charge is 0.507 e. The molecule has 7 heteroatoms. The molecule has 5 rings (SSSR count). The predicted molar refractivity (Wildman–Crippen MR) is 156 cm³/mol. The Balaban J connectivity index is 1.66. The van der Waals surface area contributed by atoms with Crippen molar-refractivity contribution in [2.24, 2.45) is 5.92 Å². The van der Waals surface area contributed by atoms with E-state index in [1.807, 2.05) is 49.4 Å². The van der Waals surface area contributed by atoms with Gasteiger partial charge in [-0.2, -0.15) is 0 Å². The third-order valence-corrected chi connectivity index (χ3v) is 7.78. The number of ether oxygens (including phenoxy) is 1. The average molecular weight is 541 g/mol. The van der Waals surface area contributed by atoms with Crippen LogP contribution >= 0.6 is 11.3 Å². The molecule has 39 heavy (non-hydrogen) atoms. The molecule has 0 saturated carbocycles. The zero-order valence-electron chi connectivity index (χ0n) is 22.8. The number of aryl methyl sites for hydroxylation is 1. The molecule has 200 valence electrons. The van der Waals surface area contributed by atoms with E-state index in [1.165, 1.54) is 21.8 Å². The Morgan fingerprint density at radius 3 is 2.51 bits per heavy atom. The van der Waals surface area contributed by atoms with Gasteiger partial charge in [0.05, 0.1) is 28.4 Å². The van der Waals surface area contributed by atoms with Crippen LogP contribution in [0.2, 0.25) is 0 Å². The maximum Gasteiger partial charge on any atom is 0.301 e. The SMILES string of the molecule is Cc1cccc(C2/C(=C(\O)c3cccc(OCC(C)C)c3)C(=O)C(=O)N2c2nc3ccc(C(C)C)cc3s2)c1. The summed E-state index contributed by atoms with van der Waals surface area (Å²) in [6, 6.07) is 19.9. The number of hydrogen-bond acceptors (Lipinski definition) is 6. The number of hydrogen-bond donors (Lipinski definition) is 1. The first-order valence-electron chi connectivity index (χ1n) is 13.1. The van der Waals surface area contributed by atoms with Crippen molar-refractivity contribution in [2.75, 3.05) is 11.5 Å². The Labute approximate surface area is 232 Å². The second-order valence-electron chi connectivity index (χ2n) is 10.7. The Hall–Kier alpha value is -3.97. The number of aliphatic hydroxyl groups excluding tert-OH is 1. The number of benzene rings is 3. The van der Waals surface area contributed by atoms with Crippen LogP contribution in [0.15, 0.2) is 72.3 Å². The molecule has 1 unspecified atom stereocenters. The molecular weight excluding hydrogens is 508 g/mol. The van der Waals surface area contributed by atoms with Crippen LogP contribution in [0.3, 0.4) is 0 Å². The highest BCUT2D eigenvalue weighted by Crippen LogP contribution is 2.44. The lowest BCUT2D eigenvalue weighted by Gasteiger charge is -2.23. The lowest BCUT2D eigenvalue weighted by molar-refractivity contribution is -0.132. The van der Waals surface area contributed by atoms with Gasteiger partial charge in [0.1, 0.15) is 11.5 Å². The molecule has 1 amide bonds. The quantitative estimate of drug-likeness (QED) is 0.150. The van der Waals surface area contributed by atoms with Crippen molar-refractivity contribution in [3.63, 3.8) is 0 Å². The monoisotopic (exact) mass is 540 g/mol. The van der Waals surface area contributed by atoms with E-state index in [0.29, 0.717) is 34.9 Å². The maximum atomic E-state index is 13.6. The summed E-state index contributed by atoms with van der Waals surface area (Å²) in [6.07, 6.45) is 0. The zero-order valence-corrected chi connectivity index (χ0v) is 23.6. The van der Waals surface area contributed by atoms with Crippen molar-refractivity contribution in [2.45, 2.75) is 46.6 Å². The third kappa shape index (κ3) is 5.19. The molecule has 6 nitrogen and oxygen atoms in total. The van der Waals surface area contributed by atoms with Crippen LogP contribution in [-0.2, 0) is 9.59 Å². The molecule has 0 radical (unpaired) electrons. The minimum Gasteiger partial charge on any atom is -0.507 e. The Bertz CT molecular complexity index is 1600. The van der Waals surface area contributed by atoms with Crippen LogP contribution in [0.25, 0.3) is 16.0 Å². The molecule has 3 aromatic carbocycles. The van der Waals surface area contributed by atoms with Crippen molar-refractivity contribution in [3.8, 4) is 5.75 Å². The van der Waals surface area contributed by atoms with Crippen LogP contribution in [-0.4, -0.2) is 28.4 Å². The smallest absolute Gasteiger partial charge is 0.301 e. The number of amides is 1. The molecule has 0 aliphatic carbocycles. The number of rotatable bonds is 7. The first-order valence-corrected chi connectivity index (χ1v) is 14.0. The van der Waals surface area contributed by atoms with Gasteiger partial charge in [-0.25, -0.2) is 4.98 Å². The lowest BCUT2D eigenvalue weighted by atomic mass is 9.94. The summed E-state index contributed by atoms with van der Waals surface area (Å²) >= 11 is 1.37. The molecule has 1 fully saturated rings. The van der Waals surface area contributed by atoms with Gasteiger partial charge in [0.15, 0.2) is 5.13 Å². The first-order chi connectivity index (χ1) is 18.6. The number of anilines is 1. The number of Topliss-reactive ketones (excluding diaryl/α,β-unsaturated/α-hetero) is 1. The summed E-state index contributed by atoms with van der Waals surface area (Å²) in [6.45, 7) is 10.8. The number of ketones is 1. The van der Waals surface area contributed by atoms with Gasteiger partial charge in [-0.1, -0.05) is 87.1 Å². The number of carbonyl (C=O) groups is 2. The molecule has 1 N–H and O–H groups in total. The molecule has 2 heterocycles. The third-order valence-electron chi connectivity index (χ3n) is 6.77. The Morgan fingerprint density at radius 1 is 1.03 bits per heavy atom. The van der Waals surface area contributed by atoms with E-state index < -0.39 is 17.7 Å². The van der Waals surface area contributed by atoms with Crippen LogP contribution in [0.1, 0.15) is 61.9 Å². The number of aromatic nitrogens is 1. The lowest BCUT2D eigenvalue weighted by Crippen LogP contribution is -2.29. The van der Waals surface area contributed by atoms with Crippen LogP contribution < -0.4 is 9.64 Å². The van der Waals surface area contributed by atoms with Gasteiger partial charge in [0, 0.05) is 5.56 Å². The van der Waals surface area contributed by atoms with Gasteiger partial charge in [0.25, 0.3) is 5.78 Å². The van der Waals surface area contributed by atoms with E-state index in [4.69, 9.17) is 9.72 Å². The van der Waals surface area contributed by atoms with Gasteiger partial charge in [-0.05, 0) is 54.2 Å². The second-order valence-corrected chi connectivity index (χ2v) is 11.7. The summed E-state index contributed by atoms with van der Waals surface area (Å²) in [4.78, 5) is 33.3. The minimum absolute atomic E-state index is 0.0359. The molecule has 1 atom stereocenters. The van der Waals surface area contributed by atoms with Crippen LogP contribution in [0.4, 0.5) is 5.13 Å². The van der Waals surface area contributed by atoms with Crippen molar-refractivity contribution in [1.29, 1.82) is 0 Å². The topological polar surface area (TPSA) is 79.7 Å². The van der Waals surface area contributed by atoms with Crippen molar-refractivity contribution in [1.82, 2.24) is 4.98 Å². The number of aliphatic hydroxyl groups is 1. The van der Waals surface area contributed by atoms with Crippen molar-refractivity contribution in [3.05, 3.63) is 94.6 Å². The normalized spacial score (nSPS) is 17.1. The van der Waals surface area contributed by atoms with Crippen molar-refractivity contribution >= 4 is 44.1 Å². The summed E-state index contributed by atoms with van der Waals surface area (Å²) in [5.41, 5.74) is 4.10. The van der Waals surface area contributed by atoms with E-state index in [-0.39, 0.29) is 11.3 Å². The maximum absolute atomic E-state index is 13.6. The molecule has 1 saturated heterocycles. The highest BCUT2D eigenvalue weighted by molar-refractivity contribution is 7.22. The highest BCUT2D eigenvalue weighted by Gasteiger charge is 2.48. The summed E-state index contributed by atoms with van der Waals surface area (Å²) < 4.78 is 6.78. The van der Waals surface area contributed by atoms with E-state index in [9.17, 15) is 14.7 Å². The molecule has 0 bridgehead atoms. The molecule has 0 spiro atoms. The van der Waals surface area contributed by atoms with Gasteiger partial charge in [-0.3, -0.25) is 14.5 Å². The van der Waals surface area contributed by atoms with E-state index >= 15 is 0 Å². The van der Waals surface area contributed by atoms with Gasteiger partial charge < -0.3 is 9.84 Å². The number of carbonyl (C=O) groups excluding carboxylic acids is 2. The molecule has 4 aromatic rings. The fraction of sp³-hybridized carbons (Fsp3) is 0.281. The first kappa shape index (κ1) is 26.6. The molecule has 1 aromatic heterocycles. The number of nitrogens with zero attached hydrogens (tertiary/aromatic N) is 2. The summed E-state index contributed by atoms with van der Waals surface area (Å²) in [7, 11) is 0. The Morgan fingerprint density at radius 2 is 1.79 bits per heavy atom. The van der Waals surface area contributed by atoms with E-state index in [0.717, 1.165) is 21.3 Å². The zero-order chi connectivity index (χ0) is 27.8. The van der Waals surface area contributed by atoms with Crippen LogP contribution in [0.5, 0.6) is 5.75 Å². The Kier molecular flexibility index (Phi) is 7.28. The van der Waals surface area contributed by atoms with Gasteiger partial charge in [-0.15, -0.1) is 0 Å². The summed E-state index contributed by atoms with van der Waals surface area (Å²) in [5.74, 6) is -0.420. The van der Waals surface area contributed by atoms with Gasteiger partial charge >= 0.3 is 5.91 Å². The highest BCUT2D eigenvalue weighted by atomic mass is 32.1. The average Bonchev–Trinajstić information content (AvgIpc) is 3.44. The van der Waals surface area contributed by atoms with E-state index in [1.54, 1.807) is 18.2 Å². The fourth-order valence-corrected chi connectivity index (χ4v) is 5.77. The number of thiazole rings is 1. The minimum atomic E-state index is -0.824. The molecule has 1 aliphatic heterocycles. The fourth-order valence-electron chi connectivity index (χ4n) is 4.73. The number of fused-ring (bicyclic) bond motifs is 1. The standard InChI is InChI=1S/C32H32N2O4S/c1-18(2)17-38-24-11-7-10-23(15-24)29(35)27-28(22-9-6-8-20(5)14-22)34(31(37)30(27)36)32-33-25-13-12-21(19(3)4)16-26(25)39-32/h6-16,18-19,28,35H,17H2,1-5H3/b29-27+. The van der Waals surface area contributed by atoms with Crippen LogP contribution in [0, 0.1) is 12.8 Å². The van der Waals surface area contributed by atoms with E-state index in [2.05, 4.69) is 33.8 Å². The second kappa shape index (κ2) is 10.7. The summed E-state index contributed by atoms with van der Waals surface area (Å²) in [5, 5.41) is 11.9.